The van der Waals surface area contributed by atoms with Gasteiger partial charge >= 0.3 is 0 Å². The van der Waals surface area contributed by atoms with Crippen molar-refractivity contribution in [3.63, 3.8) is 0 Å². The van der Waals surface area contributed by atoms with Gasteiger partial charge in [0, 0.05) is 49.0 Å². The fourth-order valence-electron chi connectivity index (χ4n) is 4.66. The summed E-state index contributed by atoms with van der Waals surface area (Å²) in [6.07, 6.45) is 11.4. The Morgan fingerprint density at radius 3 is 2.67 bits per heavy atom. The summed E-state index contributed by atoms with van der Waals surface area (Å²) >= 11 is 0. The quantitative estimate of drug-likeness (QED) is 0.654. The lowest BCUT2D eigenvalue weighted by Crippen LogP contribution is -2.37. The second-order valence-electron chi connectivity index (χ2n) is 8.47. The summed E-state index contributed by atoms with van der Waals surface area (Å²) < 4.78 is 4.06. The topological polar surface area (TPSA) is 68.8 Å². The van der Waals surface area contributed by atoms with Gasteiger partial charge in [0.05, 0.1) is 12.2 Å². The molecule has 0 aliphatic carbocycles. The lowest BCUT2D eigenvalue weighted by molar-refractivity contribution is 0.158. The van der Waals surface area contributed by atoms with Crippen LogP contribution in [0.15, 0.2) is 47.7 Å². The zero-order chi connectivity index (χ0) is 20.3. The van der Waals surface area contributed by atoms with Crippen molar-refractivity contribution >= 4 is 0 Å². The molecule has 0 amide bonds. The van der Waals surface area contributed by atoms with Crippen LogP contribution in [0.5, 0.6) is 0 Å². The van der Waals surface area contributed by atoms with E-state index in [0.717, 1.165) is 56.7 Å². The Balaban J connectivity index is 1.20. The molecule has 2 aliphatic rings. The Labute approximate surface area is 176 Å². The fourth-order valence-corrected chi connectivity index (χ4v) is 4.66. The molecule has 156 valence electrons. The molecule has 0 unspecified atom stereocenters. The molecule has 0 N–H and O–H groups in total. The average Bonchev–Trinajstić information content (AvgIpc) is 3.20. The molecule has 0 atom stereocenters. The molecule has 3 aromatic rings. The number of rotatable bonds is 5. The normalized spacial score (nSPS) is 17.7. The van der Waals surface area contributed by atoms with E-state index in [1.165, 1.54) is 24.4 Å². The van der Waals surface area contributed by atoms with Crippen molar-refractivity contribution in [3.05, 3.63) is 64.7 Å². The average molecular weight is 405 g/mol. The van der Waals surface area contributed by atoms with Gasteiger partial charge in [-0.05, 0) is 69.3 Å². The third-order valence-corrected chi connectivity index (χ3v) is 6.43. The van der Waals surface area contributed by atoms with E-state index in [1.54, 1.807) is 29.2 Å². The van der Waals surface area contributed by atoms with E-state index in [9.17, 15) is 4.79 Å². The summed E-state index contributed by atoms with van der Waals surface area (Å²) in [5.41, 5.74) is 3.17. The Morgan fingerprint density at radius 2 is 1.83 bits per heavy atom. The Hall–Kier alpha value is -2.80. The molecular weight excluding hydrogens is 376 g/mol. The number of likely N-dealkylation sites (tertiary alicyclic amines) is 1. The Bertz CT molecular complexity index is 1050. The SMILES string of the molecule is O=c1ccc(-c2ccncc2)nn1CC1CCN(Cc2ncc3n2CCCC3)CC1. The number of hydrogen-bond acceptors (Lipinski definition) is 5. The van der Waals surface area contributed by atoms with E-state index < -0.39 is 0 Å². The molecule has 0 spiro atoms. The third-order valence-electron chi connectivity index (χ3n) is 6.43. The summed E-state index contributed by atoms with van der Waals surface area (Å²) in [7, 11) is 0. The minimum atomic E-state index is -0.0285. The molecule has 30 heavy (non-hydrogen) atoms. The largest absolute Gasteiger partial charge is 0.331 e. The van der Waals surface area contributed by atoms with Crippen molar-refractivity contribution in [1.82, 2.24) is 29.2 Å². The number of aryl methyl sites for hydroxylation is 1. The molecule has 7 heteroatoms. The second kappa shape index (κ2) is 8.52. The molecule has 1 saturated heterocycles. The van der Waals surface area contributed by atoms with E-state index in [-0.39, 0.29) is 5.56 Å². The van der Waals surface area contributed by atoms with Crippen LogP contribution in [-0.4, -0.2) is 42.3 Å². The predicted octanol–water partition coefficient (Wildman–Crippen LogP) is 2.75. The van der Waals surface area contributed by atoms with Crippen molar-refractivity contribution in [2.24, 2.45) is 5.92 Å². The van der Waals surface area contributed by atoms with Gasteiger partial charge in [-0.3, -0.25) is 14.7 Å². The number of aromatic nitrogens is 5. The van der Waals surface area contributed by atoms with Crippen molar-refractivity contribution in [2.45, 2.75) is 51.7 Å². The molecule has 1 fully saturated rings. The van der Waals surface area contributed by atoms with Crippen molar-refractivity contribution in [3.8, 4) is 11.3 Å². The van der Waals surface area contributed by atoms with Gasteiger partial charge < -0.3 is 4.57 Å². The number of imidazole rings is 1. The van der Waals surface area contributed by atoms with Crippen LogP contribution in [-0.2, 0) is 26.1 Å². The maximum absolute atomic E-state index is 12.4. The highest BCUT2D eigenvalue weighted by Crippen LogP contribution is 2.22. The first-order chi connectivity index (χ1) is 14.8. The van der Waals surface area contributed by atoms with Crippen LogP contribution in [0.1, 0.15) is 37.2 Å². The zero-order valence-electron chi connectivity index (χ0n) is 17.3. The van der Waals surface area contributed by atoms with Gasteiger partial charge in [-0.2, -0.15) is 5.10 Å². The van der Waals surface area contributed by atoms with E-state index in [1.807, 2.05) is 12.1 Å². The number of nitrogens with zero attached hydrogens (tertiary/aromatic N) is 6. The van der Waals surface area contributed by atoms with Crippen LogP contribution < -0.4 is 5.56 Å². The minimum absolute atomic E-state index is 0.0285. The van der Waals surface area contributed by atoms with E-state index in [2.05, 4.69) is 25.7 Å². The first-order valence-corrected chi connectivity index (χ1v) is 11.0. The van der Waals surface area contributed by atoms with Crippen LogP contribution in [0.4, 0.5) is 0 Å². The first-order valence-electron chi connectivity index (χ1n) is 11.0. The van der Waals surface area contributed by atoms with Crippen molar-refractivity contribution in [2.75, 3.05) is 13.1 Å². The third kappa shape index (κ3) is 4.07. The van der Waals surface area contributed by atoms with Crippen LogP contribution in [0, 0.1) is 5.92 Å². The predicted molar refractivity (Wildman–Crippen MR) is 115 cm³/mol. The zero-order valence-corrected chi connectivity index (χ0v) is 17.3. The van der Waals surface area contributed by atoms with Crippen LogP contribution >= 0.6 is 0 Å². The summed E-state index contributed by atoms with van der Waals surface area (Å²) in [5.74, 6) is 1.69. The van der Waals surface area contributed by atoms with Gasteiger partial charge in [0.1, 0.15) is 5.82 Å². The van der Waals surface area contributed by atoms with Crippen LogP contribution in [0.25, 0.3) is 11.3 Å². The highest BCUT2D eigenvalue weighted by atomic mass is 16.1. The van der Waals surface area contributed by atoms with Gasteiger partial charge in [0.15, 0.2) is 0 Å². The number of pyridine rings is 1. The summed E-state index contributed by atoms with van der Waals surface area (Å²) in [6.45, 7) is 4.83. The highest BCUT2D eigenvalue weighted by molar-refractivity contribution is 5.56. The van der Waals surface area contributed by atoms with Crippen molar-refractivity contribution in [1.29, 1.82) is 0 Å². The molecule has 2 aliphatic heterocycles. The molecule has 0 radical (unpaired) electrons. The lowest BCUT2D eigenvalue weighted by Gasteiger charge is -2.32. The molecule has 5 rings (SSSR count). The Morgan fingerprint density at radius 1 is 1.00 bits per heavy atom. The van der Waals surface area contributed by atoms with E-state index >= 15 is 0 Å². The molecule has 3 aromatic heterocycles. The summed E-state index contributed by atoms with van der Waals surface area (Å²) in [4.78, 5) is 23.6. The molecule has 0 bridgehead atoms. The second-order valence-corrected chi connectivity index (χ2v) is 8.47. The molecule has 0 aromatic carbocycles. The molecule has 5 heterocycles. The first kappa shape index (κ1) is 19.2. The van der Waals surface area contributed by atoms with Crippen molar-refractivity contribution < 1.29 is 0 Å². The van der Waals surface area contributed by atoms with Crippen LogP contribution in [0.2, 0.25) is 0 Å². The highest BCUT2D eigenvalue weighted by Gasteiger charge is 2.23. The Kier molecular flexibility index (Phi) is 5.45. The summed E-state index contributed by atoms with van der Waals surface area (Å²) in [5, 5.41) is 4.61. The number of piperidine rings is 1. The molecular formula is C23H28N6O. The maximum Gasteiger partial charge on any atom is 0.266 e. The smallest absolute Gasteiger partial charge is 0.266 e. The number of fused-ring (bicyclic) bond motifs is 1. The van der Waals surface area contributed by atoms with Crippen LogP contribution in [0.3, 0.4) is 0 Å². The molecule has 0 saturated carbocycles. The lowest BCUT2D eigenvalue weighted by atomic mass is 9.97. The van der Waals surface area contributed by atoms with E-state index in [4.69, 9.17) is 4.98 Å². The van der Waals surface area contributed by atoms with Gasteiger partial charge in [-0.1, -0.05) is 0 Å². The van der Waals surface area contributed by atoms with Gasteiger partial charge in [-0.15, -0.1) is 0 Å². The van der Waals surface area contributed by atoms with Gasteiger partial charge in [0.2, 0.25) is 0 Å². The standard InChI is InChI=1S/C23H28N6O/c30-23-5-4-21(19-6-10-24-11-7-19)26-29(23)16-18-8-13-27(14-9-18)17-22-25-15-20-3-1-2-12-28(20)22/h4-7,10-11,15,18H,1-3,8-9,12-14,16-17H2. The summed E-state index contributed by atoms with van der Waals surface area (Å²) in [6, 6.07) is 7.26. The number of hydrogen-bond donors (Lipinski definition) is 0. The van der Waals surface area contributed by atoms with Gasteiger partial charge in [-0.25, -0.2) is 9.67 Å². The maximum atomic E-state index is 12.4. The fraction of sp³-hybridized carbons (Fsp3) is 0.478. The van der Waals surface area contributed by atoms with E-state index in [0.29, 0.717) is 12.5 Å². The minimum Gasteiger partial charge on any atom is -0.331 e. The monoisotopic (exact) mass is 404 g/mol. The molecule has 7 nitrogen and oxygen atoms in total. The van der Waals surface area contributed by atoms with Gasteiger partial charge in [0.25, 0.3) is 5.56 Å².